The lowest BCUT2D eigenvalue weighted by atomic mass is 9.93. The molecule has 2 heterocycles. The third-order valence-corrected chi connectivity index (χ3v) is 6.91. The van der Waals surface area contributed by atoms with Gasteiger partial charge < -0.3 is 34.1 Å². The Labute approximate surface area is 233 Å². The number of carbonyl (C=O) groups is 2. The zero-order chi connectivity index (χ0) is 29.1. The zero-order valence-electron chi connectivity index (χ0n) is 21.6. The van der Waals surface area contributed by atoms with Crippen LogP contribution in [0.1, 0.15) is 45.3 Å². The number of aromatic nitrogens is 1. The Morgan fingerprint density at radius 3 is 2.42 bits per heavy atom. The minimum absolute atomic E-state index is 0.00975. The minimum Gasteiger partial charge on any atom is -0.507 e. The number of aryl methyl sites for hydroxylation is 2. The number of phenolic OH excluding ortho intramolecular Hbond substituents is 2. The largest absolute Gasteiger partial charge is 0.507 e. The first-order chi connectivity index (χ1) is 19.0. The molecular formula is C29H26ClNO9. The number of esters is 1. The molecule has 0 unspecified atom stereocenters. The number of rotatable bonds is 9. The van der Waals surface area contributed by atoms with Gasteiger partial charge in [0, 0.05) is 17.8 Å². The predicted molar refractivity (Wildman–Crippen MR) is 145 cm³/mol. The molecule has 1 atom stereocenters. The van der Waals surface area contributed by atoms with Crippen molar-refractivity contribution in [1.29, 1.82) is 0 Å². The summed E-state index contributed by atoms with van der Waals surface area (Å²) < 4.78 is 12.3. The molecule has 2 aromatic carbocycles. The maximum Gasteiger partial charge on any atom is 0.335 e. The van der Waals surface area contributed by atoms with Crippen molar-refractivity contribution in [1.82, 2.24) is 4.57 Å². The Hall–Kier alpha value is -4.70. The van der Waals surface area contributed by atoms with Crippen molar-refractivity contribution in [2.75, 3.05) is 7.11 Å². The summed E-state index contributed by atoms with van der Waals surface area (Å²) in [5.41, 5.74) is 0.771. The van der Waals surface area contributed by atoms with Gasteiger partial charge in [0.15, 0.2) is 11.5 Å². The summed E-state index contributed by atoms with van der Waals surface area (Å²) in [6.45, 7) is 1.82. The summed E-state index contributed by atoms with van der Waals surface area (Å²) in [6.07, 6.45) is -0.00612. The van der Waals surface area contributed by atoms with Crippen LogP contribution in [0.15, 0.2) is 63.8 Å². The van der Waals surface area contributed by atoms with Crippen LogP contribution in [-0.2, 0) is 22.5 Å². The molecule has 4 rings (SSSR count). The monoisotopic (exact) mass is 567 g/mol. The van der Waals surface area contributed by atoms with Crippen molar-refractivity contribution in [3.8, 4) is 28.6 Å². The molecule has 4 N–H and O–H groups in total. The molecule has 0 fully saturated rings. The van der Waals surface area contributed by atoms with E-state index in [1.165, 1.54) is 60.2 Å². The first-order valence-electron chi connectivity index (χ1n) is 12.1. The van der Waals surface area contributed by atoms with Crippen LogP contribution in [0.2, 0.25) is 5.02 Å². The van der Waals surface area contributed by atoms with Gasteiger partial charge in [-0.25, -0.2) is 4.79 Å². The van der Waals surface area contributed by atoms with Gasteiger partial charge in [0.05, 0.1) is 35.6 Å². The normalized spacial score (nSPS) is 11.8. The molecule has 0 amide bonds. The summed E-state index contributed by atoms with van der Waals surface area (Å²) in [6, 6.07) is 12.9. The van der Waals surface area contributed by atoms with Crippen LogP contribution < -0.4 is 5.56 Å². The number of carboxylic acid groups (broad SMARTS) is 1. The van der Waals surface area contributed by atoms with E-state index in [9.17, 15) is 34.8 Å². The van der Waals surface area contributed by atoms with E-state index in [2.05, 4.69) is 0 Å². The fourth-order valence-electron chi connectivity index (χ4n) is 4.47. The lowest BCUT2D eigenvalue weighted by molar-refractivity contribution is -0.140. The van der Waals surface area contributed by atoms with Gasteiger partial charge in [-0.05, 0) is 67.4 Å². The molecule has 0 saturated heterocycles. The van der Waals surface area contributed by atoms with Crippen LogP contribution in [0.4, 0.5) is 0 Å². The van der Waals surface area contributed by atoms with E-state index in [4.69, 9.17) is 20.8 Å². The van der Waals surface area contributed by atoms with Gasteiger partial charge in [-0.3, -0.25) is 9.59 Å². The van der Waals surface area contributed by atoms with Gasteiger partial charge in [0.1, 0.15) is 17.3 Å². The van der Waals surface area contributed by atoms with E-state index < -0.39 is 23.4 Å². The molecule has 0 saturated carbocycles. The first kappa shape index (κ1) is 28.3. The fourth-order valence-corrected chi connectivity index (χ4v) is 4.68. The Morgan fingerprint density at radius 2 is 1.75 bits per heavy atom. The summed E-state index contributed by atoms with van der Waals surface area (Å²) >= 11 is 6.29. The average Bonchev–Trinajstić information content (AvgIpc) is 3.39. The summed E-state index contributed by atoms with van der Waals surface area (Å²) in [4.78, 5) is 37.5. The topological polar surface area (TPSA) is 159 Å². The number of carbonyl (C=O) groups excluding carboxylic acids is 1. The maximum absolute atomic E-state index is 13.7. The summed E-state index contributed by atoms with van der Waals surface area (Å²) in [7, 11) is 1.20. The number of halogens is 1. The van der Waals surface area contributed by atoms with Gasteiger partial charge >= 0.3 is 11.9 Å². The Bertz CT molecular complexity index is 1650. The van der Waals surface area contributed by atoms with Crippen LogP contribution in [0.25, 0.3) is 11.3 Å². The number of ether oxygens (including phenoxy) is 1. The van der Waals surface area contributed by atoms with Gasteiger partial charge in [-0.15, -0.1) is 0 Å². The molecule has 2 aromatic heterocycles. The number of nitrogens with zero attached hydrogens (tertiary/aromatic N) is 1. The second kappa shape index (κ2) is 11.6. The molecule has 40 heavy (non-hydrogen) atoms. The van der Waals surface area contributed by atoms with Gasteiger partial charge in [-0.2, -0.15) is 0 Å². The van der Waals surface area contributed by atoms with Gasteiger partial charge in [0.2, 0.25) is 0 Å². The fraction of sp³-hybridized carbons (Fsp3) is 0.207. The van der Waals surface area contributed by atoms with Crippen molar-refractivity contribution in [3.63, 3.8) is 0 Å². The van der Waals surface area contributed by atoms with Crippen molar-refractivity contribution in [2.45, 2.75) is 32.2 Å². The minimum atomic E-state index is -1.15. The van der Waals surface area contributed by atoms with Gasteiger partial charge in [-0.1, -0.05) is 17.7 Å². The number of methoxy groups -OCH3 is 1. The van der Waals surface area contributed by atoms with Crippen LogP contribution in [0, 0.1) is 6.92 Å². The number of hydrogen-bond donors (Lipinski definition) is 4. The van der Waals surface area contributed by atoms with E-state index in [1.807, 2.05) is 0 Å². The lowest BCUT2D eigenvalue weighted by Crippen LogP contribution is -2.29. The van der Waals surface area contributed by atoms with E-state index in [0.29, 0.717) is 23.2 Å². The highest BCUT2D eigenvalue weighted by Crippen LogP contribution is 2.37. The average molecular weight is 568 g/mol. The van der Waals surface area contributed by atoms with Crippen molar-refractivity contribution < 1.29 is 39.2 Å². The Kier molecular flexibility index (Phi) is 8.20. The molecule has 4 aromatic rings. The number of carboxylic acids is 1. The number of hydrogen-bond acceptors (Lipinski definition) is 8. The van der Waals surface area contributed by atoms with Crippen LogP contribution in [-0.4, -0.2) is 44.0 Å². The molecule has 10 nitrogen and oxygen atoms in total. The number of pyridine rings is 1. The predicted octanol–water partition coefficient (Wildman–Crippen LogP) is 4.82. The molecule has 0 radical (unpaired) electrons. The number of furan rings is 1. The van der Waals surface area contributed by atoms with Gasteiger partial charge in [0.25, 0.3) is 5.56 Å². The van der Waals surface area contributed by atoms with E-state index in [-0.39, 0.29) is 57.9 Å². The van der Waals surface area contributed by atoms with Crippen molar-refractivity contribution >= 4 is 23.5 Å². The number of benzene rings is 2. The highest BCUT2D eigenvalue weighted by Gasteiger charge is 2.29. The number of aromatic hydroxyl groups is 3. The highest BCUT2D eigenvalue weighted by molar-refractivity contribution is 6.33. The van der Waals surface area contributed by atoms with E-state index >= 15 is 0 Å². The maximum atomic E-state index is 13.7. The molecule has 0 aliphatic rings. The first-order valence-corrected chi connectivity index (χ1v) is 12.5. The SMILES string of the molecule is COC(=O)C[C@@H](c1ccc(-c2cc(C(=O)O)ccc2Cl)o1)c1c(O)cc(C)n(CCc2ccc(O)c(O)c2)c1=O. The molecule has 0 spiro atoms. The molecular weight excluding hydrogens is 542 g/mol. The van der Waals surface area contributed by atoms with E-state index in [0.717, 1.165) is 0 Å². The number of aromatic carboxylic acids is 1. The van der Waals surface area contributed by atoms with Crippen LogP contribution in [0.5, 0.6) is 17.2 Å². The van der Waals surface area contributed by atoms with Crippen LogP contribution in [0.3, 0.4) is 0 Å². The second-order valence-electron chi connectivity index (χ2n) is 9.15. The summed E-state index contributed by atoms with van der Waals surface area (Å²) in [5, 5.41) is 39.8. The third kappa shape index (κ3) is 5.81. The molecule has 11 heteroatoms. The number of phenols is 2. The Morgan fingerprint density at radius 1 is 1.00 bits per heavy atom. The molecule has 0 aliphatic heterocycles. The van der Waals surface area contributed by atoms with Crippen LogP contribution >= 0.6 is 11.6 Å². The zero-order valence-corrected chi connectivity index (χ0v) is 22.3. The highest BCUT2D eigenvalue weighted by atomic mass is 35.5. The third-order valence-electron chi connectivity index (χ3n) is 6.58. The lowest BCUT2D eigenvalue weighted by Gasteiger charge is -2.19. The van der Waals surface area contributed by atoms with Crippen molar-refractivity contribution in [2.24, 2.45) is 0 Å². The standard InChI is InChI=1S/C29H26ClNO9/c1-15-11-23(34)27(28(36)31(15)10-9-16-3-6-21(32)22(33)12-16)19(14-26(35)39-2)25-8-7-24(40-25)18-13-17(29(37)38)4-5-20(18)30/h3-8,11-13,19,32-34H,9-10,14H2,1-2H3,(H,37,38)/t19-/m0/s1. The smallest absolute Gasteiger partial charge is 0.335 e. The second-order valence-corrected chi connectivity index (χ2v) is 9.56. The molecule has 208 valence electrons. The quantitative estimate of drug-likeness (QED) is 0.164. The molecule has 0 aliphatic carbocycles. The van der Waals surface area contributed by atoms with Crippen molar-refractivity contribution in [3.05, 3.63) is 98.1 Å². The molecule has 0 bridgehead atoms. The Balaban J connectivity index is 1.76. The summed E-state index contributed by atoms with van der Waals surface area (Å²) in [5.74, 6) is -3.36. The van der Waals surface area contributed by atoms with E-state index in [1.54, 1.807) is 13.0 Å².